The maximum atomic E-state index is 5.70. The summed E-state index contributed by atoms with van der Waals surface area (Å²) in [6, 6.07) is 0. The van der Waals surface area contributed by atoms with Crippen LogP contribution >= 0.6 is 11.3 Å². The second-order valence-corrected chi connectivity index (χ2v) is 7.71. The van der Waals surface area contributed by atoms with Crippen molar-refractivity contribution >= 4 is 11.3 Å². The van der Waals surface area contributed by atoms with E-state index in [0.717, 1.165) is 45.6 Å². The monoisotopic (exact) mass is 311 g/mol. The topological polar surface area (TPSA) is 37.4 Å². The molecule has 0 radical (unpaired) electrons. The largest absolute Gasteiger partial charge is 0.378 e. The zero-order chi connectivity index (χ0) is 15.3. The molecule has 1 N–H and O–H groups in total. The predicted octanol–water partition coefficient (Wildman–Crippen LogP) is 3.03. The minimum atomic E-state index is 0.146. The van der Waals surface area contributed by atoms with E-state index in [1.807, 2.05) is 0 Å². The summed E-state index contributed by atoms with van der Waals surface area (Å²) in [6.45, 7) is 13.6. The SMILES string of the molecule is CCOC1CCN(Cc2csc(CNC(C)(C)C)n2)CC1. The molecule has 1 fully saturated rings. The average Bonchev–Trinajstić information content (AvgIpc) is 2.86. The number of piperidine rings is 1. The molecule has 120 valence electrons. The summed E-state index contributed by atoms with van der Waals surface area (Å²) in [5, 5.41) is 6.88. The summed E-state index contributed by atoms with van der Waals surface area (Å²) < 4.78 is 5.70. The van der Waals surface area contributed by atoms with Gasteiger partial charge in [0.2, 0.25) is 0 Å². The lowest BCUT2D eigenvalue weighted by atomic mass is 10.1. The van der Waals surface area contributed by atoms with Crippen LogP contribution in [0, 0.1) is 0 Å². The third-order valence-corrected chi connectivity index (χ3v) is 4.59. The zero-order valence-corrected chi connectivity index (χ0v) is 14.6. The highest BCUT2D eigenvalue weighted by atomic mass is 32.1. The maximum absolute atomic E-state index is 5.70. The van der Waals surface area contributed by atoms with Crippen LogP contribution in [0.15, 0.2) is 5.38 Å². The maximum Gasteiger partial charge on any atom is 0.107 e. The third kappa shape index (κ3) is 6.02. The van der Waals surface area contributed by atoms with E-state index in [2.05, 4.69) is 43.3 Å². The second-order valence-electron chi connectivity index (χ2n) is 6.77. The van der Waals surface area contributed by atoms with Gasteiger partial charge in [0.15, 0.2) is 0 Å². The lowest BCUT2D eigenvalue weighted by Crippen LogP contribution is -2.36. The van der Waals surface area contributed by atoms with Crippen molar-refractivity contribution in [2.75, 3.05) is 19.7 Å². The number of hydrogen-bond donors (Lipinski definition) is 1. The molecule has 0 aromatic carbocycles. The van der Waals surface area contributed by atoms with Crippen molar-refractivity contribution in [3.05, 3.63) is 16.1 Å². The van der Waals surface area contributed by atoms with Crippen molar-refractivity contribution in [3.63, 3.8) is 0 Å². The minimum absolute atomic E-state index is 0.146. The van der Waals surface area contributed by atoms with Crippen LogP contribution in [0.4, 0.5) is 0 Å². The molecule has 0 atom stereocenters. The van der Waals surface area contributed by atoms with Crippen molar-refractivity contribution in [2.45, 2.75) is 65.3 Å². The van der Waals surface area contributed by atoms with Gasteiger partial charge in [-0.2, -0.15) is 0 Å². The number of likely N-dealkylation sites (tertiary alicyclic amines) is 1. The second kappa shape index (κ2) is 7.68. The summed E-state index contributed by atoms with van der Waals surface area (Å²) >= 11 is 1.76. The Morgan fingerprint density at radius 1 is 1.38 bits per heavy atom. The Balaban J connectivity index is 1.75. The van der Waals surface area contributed by atoms with E-state index in [1.54, 1.807) is 11.3 Å². The van der Waals surface area contributed by atoms with Gasteiger partial charge in [-0.3, -0.25) is 4.90 Å². The molecule has 2 heterocycles. The first-order valence-corrected chi connectivity index (χ1v) is 8.86. The van der Waals surface area contributed by atoms with Crippen molar-refractivity contribution in [1.82, 2.24) is 15.2 Å². The molecule has 0 bridgehead atoms. The lowest BCUT2D eigenvalue weighted by molar-refractivity contribution is 0.0123. The molecular formula is C16H29N3OS. The normalized spacial score (nSPS) is 18.3. The van der Waals surface area contributed by atoms with Crippen LogP contribution in [0.25, 0.3) is 0 Å². The van der Waals surface area contributed by atoms with E-state index in [0.29, 0.717) is 6.10 Å². The Hall–Kier alpha value is -0.490. The van der Waals surface area contributed by atoms with Crippen molar-refractivity contribution in [1.29, 1.82) is 0 Å². The molecule has 4 nitrogen and oxygen atoms in total. The van der Waals surface area contributed by atoms with Crippen LogP contribution in [0.1, 0.15) is 51.2 Å². The van der Waals surface area contributed by atoms with E-state index in [-0.39, 0.29) is 5.54 Å². The Bertz CT molecular complexity index is 419. The molecule has 1 aliphatic rings. The smallest absolute Gasteiger partial charge is 0.107 e. The van der Waals surface area contributed by atoms with Crippen molar-refractivity contribution < 1.29 is 4.74 Å². The van der Waals surface area contributed by atoms with Gasteiger partial charge in [0, 0.05) is 43.7 Å². The number of nitrogens with zero attached hydrogens (tertiary/aromatic N) is 2. The molecule has 1 aliphatic heterocycles. The minimum Gasteiger partial charge on any atom is -0.378 e. The van der Waals surface area contributed by atoms with Crippen molar-refractivity contribution in [3.8, 4) is 0 Å². The number of thiazole rings is 1. The Labute approximate surface area is 132 Å². The lowest BCUT2D eigenvalue weighted by Gasteiger charge is -2.31. The van der Waals surface area contributed by atoms with Gasteiger partial charge in [-0.15, -0.1) is 11.3 Å². The van der Waals surface area contributed by atoms with E-state index in [4.69, 9.17) is 9.72 Å². The summed E-state index contributed by atoms with van der Waals surface area (Å²) in [5.41, 5.74) is 1.35. The molecule has 5 heteroatoms. The summed E-state index contributed by atoms with van der Waals surface area (Å²) in [6.07, 6.45) is 2.76. The van der Waals surface area contributed by atoms with Crippen LogP contribution in [0.2, 0.25) is 0 Å². The number of rotatable bonds is 6. The molecule has 0 spiro atoms. The third-order valence-electron chi connectivity index (χ3n) is 3.69. The highest BCUT2D eigenvalue weighted by molar-refractivity contribution is 7.09. The van der Waals surface area contributed by atoms with Crippen molar-refractivity contribution in [2.24, 2.45) is 0 Å². The number of ether oxygens (including phenoxy) is 1. The Morgan fingerprint density at radius 3 is 2.71 bits per heavy atom. The van der Waals surface area contributed by atoms with Crippen LogP contribution in [-0.4, -0.2) is 41.2 Å². The fraction of sp³-hybridized carbons (Fsp3) is 0.812. The van der Waals surface area contributed by atoms with Gasteiger partial charge >= 0.3 is 0 Å². The van der Waals surface area contributed by atoms with Gasteiger partial charge < -0.3 is 10.1 Å². The molecule has 0 aliphatic carbocycles. The van der Waals surface area contributed by atoms with Gasteiger partial charge in [-0.25, -0.2) is 4.98 Å². The molecular weight excluding hydrogens is 282 g/mol. The predicted molar refractivity (Wildman–Crippen MR) is 88.6 cm³/mol. The Kier molecular flexibility index (Phi) is 6.17. The first-order valence-electron chi connectivity index (χ1n) is 7.98. The average molecular weight is 311 g/mol. The van der Waals surface area contributed by atoms with Gasteiger partial charge in [0.1, 0.15) is 5.01 Å². The summed E-state index contributed by atoms with van der Waals surface area (Å²) in [7, 11) is 0. The zero-order valence-electron chi connectivity index (χ0n) is 13.8. The number of aromatic nitrogens is 1. The first-order chi connectivity index (χ1) is 9.96. The van der Waals surface area contributed by atoms with E-state index < -0.39 is 0 Å². The van der Waals surface area contributed by atoms with Crippen LogP contribution in [0.5, 0.6) is 0 Å². The Morgan fingerprint density at radius 2 is 2.10 bits per heavy atom. The molecule has 0 saturated carbocycles. The fourth-order valence-electron chi connectivity index (χ4n) is 2.54. The van der Waals surface area contributed by atoms with E-state index in [9.17, 15) is 0 Å². The van der Waals surface area contributed by atoms with Crippen LogP contribution in [0.3, 0.4) is 0 Å². The number of hydrogen-bond acceptors (Lipinski definition) is 5. The fourth-order valence-corrected chi connectivity index (χ4v) is 3.27. The highest BCUT2D eigenvalue weighted by Crippen LogP contribution is 2.18. The summed E-state index contributed by atoms with van der Waals surface area (Å²) in [5.74, 6) is 0. The standard InChI is InChI=1S/C16H29N3OS/c1-5-20-14-6-8-19(9-7-14)11-13-12-21-15(18-13)10-17-16(2,3)4/h12,14,17H,5-11H2,1-4H3. The molecule has 0 unspecified atom stereocenters. The molecule has 2 rings (SSSR count). The molecule has 1 saturated heterocycles. The van der Waals surface area contributed by atoms with E-state index in [1.165, 1.54) is 10.7 Å². The first kappa shape index (κ1) is 16.9. The highest BCUT2D eigenvalue weighted by Gasteiger charge is 2.20. The molecule has 1 aromatic heterocycles. The van der Waals surface area contributed by atoms with Gasteiger partial charge in [0.25, 0.3) is 0 Å². The molecule has 1 aromatic rings. The van der Waals surface area contributed by atoms with Crippen LogP contribution < -0.4 is 5.32 Å². The molecule has 21 heavy (non-hydrogen) atoms. The van der Waals surface area contributed by atoms with Crippen LogP contribution in [-0.2, 0) is 17.8 Å². The number of nitrogens with one attached hydrogen (secondary N) is 1. The summed E-state index contributed by atoms with van der Waals surface area (Å²) in [4.78, 5) is 7.24. The van der Waals surface area contributed by atoms with Gasteiger partial charge in [-0.05, 0) is 40.5 Å². The quantitative estimate of drug-likeness (QED) is 0.876. The van der Waals surface area contributed by atoms with E-state index >= 15 is 0 Å². The molecule has 0 amide bonds. The van der Waals surface area contributed by atoms with Gasteiger partial charge in [0.05, 0.1) is 11.8 Å². The van der Waals surface area contributed by atoms with Gasteiger partial charge in [-0.1, -0.05) is 0 Å².